The summed E-state index contributed by atoms with van der Waals surface area (Å²) in [5, 5.41) is 5.73. The summed E-state index contributed by atoms with van der Waals surface area (Å²) in [5.41, 5.74) is 4.52. The van der Waals surface area contributed by atoms with Crippen LogP contribution in [0.15, 0.2) is 76.7 Å². The van der Waals surface area contributed by atoms with Crippen LogP contribution in [0.5, 0.6) is 0 Å². The molecule has 1 fully saturated rings. The Morgan fingerprint density at radius 2 is 1.81 bits per heavy atom. The van der Waals surface area contributed by atoms with Gasteiger partial charge in [0.2, 0.25) is 5.91 Å². The second-order valence-corrected chi connectivity index (χ2v) is 8.10. The van der Waals surface area contributed by atoms with Gasteiger partial charge in [-0.05, 0) is 55.0 Å². The standard InChI is InChI=1S/C24H19N3O3S/c28-22-4-1-13-27(22)19-11-7-16(8-12-19)20-15-31-24(26-20)17-5-9-18(10-6-17)25-23(29)21-3-2-14-30-21/h2-3,5-12,14-15H,1,4,13H2,(H,25,29). The Hall–Kier alpha value is -3.71. The van der Waals surface area contributed by atoms with Crippen LogP contribution >= 0.6 is 11.3 Å². The van der Waals surface area contributed by atoms with Gasteiger partial charge in [-0.2, -0.15) is 0 Å². The van der Waals surface area contributed by atoms with E-state index in [1.807, 2.05) is 58.8 Å². The van der Waals surface area contributed by atoms with Gasteiger partial charge in [0.1, 0.15) is 5.01 Å². The van der Waals surface area contributed by atoms with Crippen molar-refractivity contribution < 1.29 is 14.0 Å². The molecule has 6 nitrogen and oxygen atoms in total. The lowest BCUT2D eigenvalue weighted by atomic mass is 10.1. The first-order valence-electron chi connectivity index (χ1n) is 9.99. The number of nitrogens with one attached hydrogen (secondary N) is 1. The fourth-order valence-electron chi connectivity index (χ4n) is 3.57. The molecule has 0 bridgehead atoms. The Kier molecular flexibility index (Phi) is 5.09. The third kappa shape index (κ3) is 4.00. The molecule has 0 aliphatic carbocycles. The molecule has 1 N–H and O–H groups in total. The molecule has 2 aromatic carbocycles. The van der Waals surface area contributed by atoms with E-state index < -0.39 is 0 Å². The van der Waals surface area contributed by atoms with Gasteiger partial charge < -0.3 is 14.6 Å². The summed E-state index contributed by atoms with van der Waals surface area (Å²) in [7, 11) is 0. The molecule has 7 heteroatoms. The molecule has 0 spiro atoms. The molecule has 0 atom stereocenters. The smallest absolute Gasteiger partial charge is 0.291 e. The molecule has 0 saturated carbocycles. The lowest BCUT2D eigenvalue weighted by molar-refractivity contribution is -0.117. The zero-order valence-electron chi connectivity index (χ0n) is 16.6. The maximum Gasteiger partial charge on any atom is 0.291 e. The summed E-state index contributed by atoms with van der Waals surface area (Å²) in [4.78, 5) is 30.6. The van der Waals surface area contributed by atoms with Crippen LogP contribution in [-0.4, -0.2) is 23.3 Å². The number of hydrogen-bond donors (Lipinski definition) is 1. The highest BCUT2D eigenvalue weighted by Crippen LogP contribution is 2.31. The summed E-state index contributed by atoms with van der Waals surface area (Å²) in [6.07, 6.45) is 3.02. The van der Waals surface area contributed by atoms with E-state index in [2.05, 4.69) is 5.32 Å². The highest BCUT2D eigenvalue weighted by Gasteiger charge is 2.21. The molecule has 154 valence electrons. The molecule has 1 aliphatic rings. The number of rotatable bonds is 5. The molecule has 2 amide bonds. The predicted molar refractivity (Wildman–Crippen MR) is 121 cm³/mol. The Bertz CT molecular complexity index is 1210. The van der Waals surface area contributed by atoms with E-state index in [1.165, 1.54) is 6.26 Å². The first kappa shape index (κ1) is 19.3. The molecular formula is C24H19N3O3S. The molecular weight excluding hydrogens is 410 g/mol. The molecule has 2 aromatic heterocycles. The molecule has 4 aromatic rings. The number of benzene rings is 2. The van der Waals surface area contributed by atoms with Gasteiger partial charge in [0, 0.05) is 40.8 Å². The first-order valence-corrected chi connectivity index (χ1v) is 10.9. The number of thiazole rings is 1. The molecule has 1 aliphatic heterocycles. The number of furan rings is 1. The van der Waals surface area contributed by atoms with Crippen molar-refractivity contribution in [3.63, 3.8) is 0 Å². The van der Waals surface area contributed by atoms with Crippen LogP contribution in [0, 0.1) is 0 Å². The van der Waals surface area contributed by atoms with Crippen LogP contribution in [0.1, 0.15) is 23.4 Å². The van der Waals surface area contributed by atoms with Gasteiger partial charge >= 0.3 is 0 Å². The number of anilines is 2. The van der Waals surface area contributed by atoms with Crippen molar-refractivity contribution in [2.24, 2.45) is 0 Å². The normalized spacial score (nSPS) is 13.5. The second kappa shape index (κ2) is 8.20. The van der Waals surface area contributed by atoms with Gasteiger partial charge in [-0.3, -0.25) is 9.59 Å². The van der Waals surface area contributed by atoms with Crippen molar-refractivity contribution in [3.8, 4) is 21.8 Å². The molecule has 0 radical (unpaired) electrons. The van der Waals surface area contributed by atoms with E-state index in [0.717, 1.165) is 40.5 Å². The zero-order chi connectivity index (χ0) is 21.2. The van der Waals surface area contributed by atoms with Gasteiger partial charge in [-0.1, -0.05) is 12.1 Å². The monoisotopic (exact) mass is 429 g/mol. The molecule has 1 saturated heterocycles. The van der Waals surface area contributed by atoms with Crippen molar-refractivity contribution in [2.45, 2.75) is 12.8 Å². The second-order valence-electron chi connectivity index (χ2n) is 7.24. The Morgan fingerprint density at radius 3 is 2.48 bits per heavy atom. The lowest BCUT2D eigenvalue weighted by Crippen LogP contribution is -2.23. The molecule has 3 heterocycles. The fraction of sp³-hybridized carbons (Fsp3) is 0.125. The molecule has 0 unspecified atom stereocenters. The summed E-state index contributed by atoms with van der Waals surface area (Å²) < 4.78 is 5.11. The number of amides is 2. The quantitative estimate of drug-likeness (QED) is 0.458. The third-order valence-corrected chi connectivity index (χ3v) is 6.08. The van der Waals surface area contributed by atoms with E-state index in [0.29, 0.717) is 12.1 Å². The number of nitrogens with zero attached hydrogens (tertiary/aromatic N) is 2. The minimum Gasteiger partial charge on any atom is -0.459 e. The number of aromatic nitrogens is 1. The fourth-order valence-corrected chi connectivity index (χ4v) is 4.40. The van der Waals surface area contributed by atoms with Crippen LogP contribution < -0.4 is 10.2 Å². The van der Waals surface area contributed by atoms with E-state index >= 15 is 0 Å². The minimum atomic E-state index is -0.284. The summed E-state index contributed by atoms with van der Waals surface area (Å²) in [6, 6.07) is 18.8. The number of hydrogen-bond acceptors (Lipinski definition) is 5. The molecule has 5 rings (SSSR count). The summed E-state index contributed by atoms with van der Waals surface area (Å²) in [5.74, 6) is 0.176. The van der Waals surface area contributed by atoms with E-state index in [1.54, 1.807) is 23.5 Å². The largest absolute Gasteiger partial charge is 0.459 e. The summed E-state index contributed by atoms with van der Waals surface area (Å²) in [6.45, 7) is 0.789. The average molecular weight is 430 g/mol. The highest BCUT2D eigenvalue weighted by atomic mass is 32.1. The van der Waals surface area contributed by atoms with Gasteiger partial charge in [-0.15, -0.1) is 11.3 Å². The zero-order valence-corrected chi connectivity index (χ0v) is 17.4. The van der Waals surface area contributed by atoms with Crippen molar-refractivity contribution in [1.29, 1.82) is 0 Å². The lowest BCUT2D eigenvalue weighted by Gasteiger charge is -2.15. The SMILES string of the molecule is O=C(Nc1ccc(-c2nc(-c3ccc(N4CCCC4=O)cc3)cs2)cc1)c1ccco1. The Morgan fingerprint density at radius 1 is 1.03 bits per heavy atom. The van der Waals surface area contributed by atoms with E-state index in [4.69, 9.17) is 9.40 Å². The highest BCUT2D eigenvalue weighted by molar-refractivity contribution is 7.13. The van der Waals surface area contributed by atoms with E-state index in [-0.39, 0.29) is 17.6 Å². The maximum atomic E-state index is 12.1. The molecule has 31 heavy (non-hydrogen) atoms. The third-order valence-electron chi connectivity index (χ3n) is 5.19. The van der Waals surface area contributed by atoms with Crippen LogP contribution in [-0.2, 0) is 4.79 Å². The van der Waals surface area contributed by atoms with Gasteiger partial charge in [0.15, 0.2) is 5.76 Å². The minimum absolute atomic E-state index is 0.187. The first-order chi connectivity index (χ1) is 15.2. The Labute approximate surface area is 183 Å². The van der Waals surface area contributed by atoms with Crippen LogP contribution in [0.3, 0.4) is 0 Å². The number of carbonyl (C=O) groups excluding carboxylic acids is 2. The maximum absolute atomic E-state index is 12.1. The van der Waals surface area contributed by atoms with Crippen molar-refractivity contribution in [3.05, 3.63) is 78.1 Å². The van der Waals surface area contributed by atoms with Gasteiger partial charge in [-0.25, -0.2) is 4.98 Å². The van der Waals surface area contributed by atoms with Crippen molar-refractivity contribution >= 4 is 34.5 Å². The van der Waals surface area contributed by atoms with Gasteiger partial charge in [0.05, 0.1) is 12.0 Å². The van der Waals surface area contributed by atoms with E-state index in [9.17, 15) is 9.59 Å². The van der Waals surface area contributed by atoms with Crippen LogP contribution in [0.2, 0.25) is 0 Å². The number of carbonyl (C=O) groups is 2. The van der Waals surface area contributed by atoms with Crippen molar-refractivity contribution in [1.82, 2.24) is 4.98 Å². The average Bonchev–Trinajstić information content (AvgIpc) is 3.56. The van der Waals surface area contributed by atoms with Crippen LogP contribution in [0.4, 0.5) is 11.4 Å². The van der Waals surface area contributed by atoms with Crippen LogP contribution in [0.25, 0.3) is 21.8 Å². The topological polar surface area (TPSA) is 75.4 Å². The Balaban J connectivity index is 1.29. The summed E-state index contributed by atoms with van der Waals surface area (Å²) >= 11 is 1.57. The van der Waals surface area contributed by atoms with Gasteiger partial charge in [0.25, 0.3) is 5.91 Å². The predicted octanol–water partition coefficient (Wildman–Crippen LogP) is 5.45. The van der Waals surface area contributed by atoms with Crippen molar-refractivity contribution in [2.75, 3.05) is 16.8 Å².